The lowest BCUT2D eigenvalue weighted by Gasteiger charge is -2.23. The Morgan fingerprint density at radius 2 is 2.12 bits per heavy atom. The smallest absolute Gasteiger partial charge is 0.229 e. The Bertz CT molecular complexity index is 332. The molecule has 0 bridgehead atoms. The van der Waals surface area contributed by atoms with E-state index in [9.17, 15) is 0 Å². The molecule has 1 fully saturated rings. The summed E-state index contributed by atoms with van der Waals surface area (Å²) in [7, 11) is 0. The molecular weight excluding hydrogens is 206 g/mol. The van der Waals surface area contributed by atoms with Crippen LogP contribution in [0, 0.1) is 5.92 Å². The van der Waals surface area contributed by atoms with Gasteiger partial charge in [0.25, 0.3) is 0 Å². The SMILES string of the molecule is CC1CCC(c2nc(C(N)CO)no2)CC1. The maximum absolute atomic E-state index is 8.90. The molecule has 90 valence electrons. The molecule has 1 aliphatic rings. The van der Waals surface area contributed by atoms with Crippen molar-refractivity contribution in [1.29, 1.82) is 0 Å². The van der Waals surface area contributed by atoms with Crippen molar-refractivity contribution in [3.8, 4) is 0 Å². The lowest BCUT2D eigenvalue weighted by Crippen LogP contribution is -2.16. The van der Waals surface area contributed by atoms with Crippen LogP contribution in [0.4, 0.5) is 0 Å². The summed E-state index contributed by atoms with van der Waals surface area (Å²) in [6.45, 7) is 2.12. The van der Waals surface area contributed by atoms with E-state index in [1.165, 1.54) is 12.8 Å². The standard InChI is InChI=1S/C11H19N3O2/c1-7-2-4-8(5-3-7)11-13-10(14-16-11)9(12)6-15/h7-9,15H,2-6,12H2,1H3. The van der Waals surface area contributed by atoms with Crippen LogP contribution in [0.5, 0.6) is 0 Å². The van der Waals surface area contributed by atoms with Crippen LogP contribution in [-0.4, -0.2) is 21.9 Å². The number of aliphatic hydroxyl groups is 1. The van der Waals surface area contributed by atoms with Crippen LogP contribution in [0.25, 0.3) is 0 Å². The first-order chi connectivity index (χ1) is 7.70. The second-order valence-corrected chi connectivity index (χ2v) is 4.74. The summed E-state index contributed by atoms with van der Waals surface area (Å²) in [6, 6.07) is -0.528. The van der Waals surface area contributed by atoms with E-state index in [0.29, 0.717) is 17.6 Å². The minimum absolute atomic E-state index is 0.152. The Hall–Kier alpha value is -0.940. The maximum Gasteiger partial charge on any atom is 0.229 e. The van der Waals surface area contributed by atoms with Gasteiger partial charge in [-0.25, -0.2) is 0 Å². The van der Waals surface area contributed by atoms with E-state index < -0.39 is 6.04 Å². The second-order valence-electron chi connectivity index (χ2n) is 4.74. The average molecular weight is 225 g/mol. The molecule has 1 aliphatic carbocycles. The number of nitrogens with zero attached hydrogens (tertiary/aromatic N) is 2. The molecule has 1 saturated carbocycles. The Morgan fingerprint density at radius 1 is 1.44 bits per heavy atom. The van der Waals surface area contributed by atoms with Gasteiger partial charge in [0.15, 0.2) is 5.82 Å². The van der Waals surface area contributed by atoms with E-state index in [0.717, 1.165) is 18.8 Å². The van der Waals surface area contributed by atoms with Gasteiger partial charge in [-0.15, -0.1) is 0 Å². The number of rotatable bonds is 3. The summed E-state index contributed by atoms with van der Waals surface area (Å²) in [5.74, 6) is 2.28. The van der Waals surface area contributed by atoms with Crippen LogP contribution in [0.1, 0.15) is 56.3 Å². The molecule has 5 nitrogen and oxygen atoms in total. The fraction of sp³-hybridized carbons (Fsp3) is 0.818. The van der Waals surface area contributed by atoms with Gasteiger partial charge in [0.05, 0.1) is 12.6 Å². The van der Waals surface area contributed by atoms with E-state index in [1.807, 2.05) is 0 Å². The fourth-order valence-corrected chi connectivity index (χ4v) is 2.15. The topological polar surface area (TPSA) is 85.2 Å². The van der Waals surface area contributed by atoms with Crippen molar-refractivity contribution in [2.24, 2.45) is 11.7 Å². The van der Waals surface area contributed by atoms with E-state index >= 15 is 0 Å². The maximum atomic E-state index is 8.90. The number of aliphatic hydroxyl groups excluding tert-OH is 1. The van der Waals surface area contributed by atoms with Gasteiger partial charge in [0.2, 0.25) is 5.89 Å². The zero-order valence-electron chi connectivity index (χ0n) is 9.59. The molecule has 0 aliphatic heterocycles. The molecule has 0 amide bonds. The summed E-state index contributed by atoms with van der Waals surface area (Å²) in [5.41, 5.74) is 5.62. The summed E-state index contributed by atoms with van der Waals surface area (Å²) in [4.78, 5) is 4.27. The Kier molecular flexibility index (Phi) is 3.56. The number of aromatic nitrogens is 2. The molecule has 1 atom stereocenters. The first kappa shape index (κ1) is 11.5. The van der Waals surface area contributed by atoms with Crippen molar-refractivity contribution >= 4 is 0 Å². The molecular formula is C11H19N3O2. The third-order valence-corrected chi connectivity index (χ3v) is 3.35. The van der Waals surface area contributed by atoms with Gasteiger partial charge in [0, 0.05) is 5.92 Å². The van der Waals surface area contributed by atoms with Crippen molar-refractivity contribution < 1.29 is 9.63 Å². The molecule has 5 heteroatoms. The predicted molar refractivity (Wildman–Crippen MR) is 58.7 cm³/mol. The Balaban J connectivity index is 2.01. The second kappa shape index (κ2) is 4.93. The van der Waals surface area contributed by atoms with Crippen molar-refractivity contribution in [1.82, 2.24) is 10.1 Å². The van der Waals surface area contributed by atoms with E-state index in [2.05, 4.69) is 17.1 Å². The van der Waals surface area contributed by atoms with Gasteiger partial charge < -0.3 is 15.4 Å². The first-order valence-electron chi connectivity index (χ1n) is 5.90. The highest BCUT2D eigenvalue weighted by Crippen LogP contribution is 2.34. The molecule has 1 unspecified atom stereocenters. The quantitative estimate of drug-likeness (QED) is 0.811. The number of nitrogens with two attached hydrogens (primary N) is 1. The molecule has 0 radical (unpaired) electrons. The van der Waals surface area contributed by atoms with Crippen molar-refractivity contribution in [3.63, 3.8) is 0 Å². The van der Waals surface area contributed by atoms with Crippen LogP contribution in [0.2, 0.25) is 0 Å². The van der Waals surface area contributed by atoms with Crippen LogP contribution >= 0.6 is 0 Å². The molecule has 0 spiro atoms. The van der Waals surface area contributed by atoms with Gasteiger partial charge >= 0.3 is 0 Å². The summed E-state index contributed by atoms with van der Waals surface area (Å²) >= 11 is 0. The largest absolute Gasteiger partial charge is 0.394 e. The van der Waals surface area contributed by atoms with Gasteiger partial charge in [-0.2, -0.15) is 4.98 Å². The molecule has 0 aromatic carbocycles. The lowest BCUT2D eigenvalue weighted by atomic mass is 9.83. The summed E-state index contributed by atoms with van der Waals surface area (Å²) < 4.78 is 5.21. The molecule has 16 heavy (non-hydrogen) atoms. The molecule has 0 saturated heterocycles. The van der Waals surface area contributed by atoms with Gasteiger partial charge in [-0.1, -0.05) is 12.1 Å². The highest BCUT2D eigenvalue weighted by molar-refractivity contribution is 4.99. The third-order valence-electron chi connectivity index (χ3n) is 3.35. The Labute approximate surface area is 95.0 Å². The van der Waals surface area contributed by atoms with E-state index in [1.54, 1.807) is 0 Å². The zero-order valence-corrected chi connectivity index (χ0v) is 9.59. The fourth-order valence-electron chi connectivity index (χ4n) is 2.15. The van der Waals surface area contributed by atoms with Crippen molar-refractivity contribution in [3.05, 3.63) is 11.7 Å². The minimum atomic E-state index is -0.528. The zero-order chi connectivity index (χ0) is 11.5. The number of hydrogen-bond donors (Lipinski definition) is 2. The highest BCUT2D eigenvalue weighted by Gasteiger charge is 2.25. The molecule has 1 heterocycles. The monoisotopic (exact) mass is 225 g/mol. The lowest BCUT2D eigenvalue weighted by molar-refractivity contribution is 0.257. The predicted octanol–water partition coefficient (Wildman–Crippen LogP) is 1.36. The number of hydrogen-bond acceptors (Lipinski definition) is 5. The van der Waals surface area contributed by atoms with Crippen LogP contribution in [-0.2, 0) is 0 Å². The van der Waals surface area contributed by atoms with Crippen LogP contribution in [0.3, 0.4) is 0 Å². The highest BCUT2D eigenvalue weighted by atomic mass is 16.5. The van der Waals surface area contributed by atoms with Crippen molar-refractivity contribution in [2.75, 3.05) is 6.61 Å². The third kappa shape index (κ3) is 2.41. The normalized spacial score (nSPS) is 27.9. The summed E-state index contributed by atoms with van der Waals surface area (Å²) in [6.07, 6.45) is 4.65. The molecule has 2 rings (SSSR count). The minimum Gasteiger partial charge on any atom is -0.394 e. The summed E-state index contributed by atoms with van der Waals surface area (Å²) in [5, 5.41) is 12.7. The van der Waals surface area contributed by atoms with Gasteiger partial charge in [-0.3, -0.25) is 0 Å². The molecule has 3 N–H and O–H groups in total. The van der Waals surface area contributed by atoms with Crippen molar-refractivity contribution in [2.45, 2.75) is 44.6 Å². The van der Waals surface area contributed by atoms with Gasteiger partial charge in [-0.05, 0) is 31.6 Å². The van der Waals surface area contributed by atoms with Gasteiger partial charge in [0.1, 0.15) is 0 Å². The first-order valence-corrected chi connectivity index (χ1v) is 5.90. The van der Waals surface area contributed by atoms with Crippen LogP contribution < -0.4 is 5.73 Å². The van der Waals surface area contributed by atoms with E-state index in [4.69, 9.17) is 15.4 Å². The van der Waals surface area contributed by atoms with E-state index in [-0.39, 0.29) is 6.61 Å². The molecule has 1 aromatic heterocycles. The van der Waals surface area contributed by atoms with Crippen LogP contribution in [0.15, 0.2) is 4.52 Å². The average Bonchev–Trinajstić information content (AvgIpc) is 2.78. The Morgan fingerprint density at radius 3 is 2.75 bits per heavy atom. The molecule has 1 aromatic rings.